The van der Waals surface area contributed by atoms with Gasteiger partial charge in [0, 0.05) is 10.6 Å². The Bertz CT molecular complexity index is 633. The van der Waals surface area contributed by atoms with Crippen molar-refractivity contribution >= 4 is 11.6 Å². The Balaban J connectivity index is 1.49. The van der Waals surface area contributed by atoms with Crippen molar-refractivity contribution in [2.45, 2.75) is 64.1 Å². The van der Waals surface area contributed by atoms with Crippen molar-refractivity contribution in [3.8, 4) is 5.75 Å². The molecule has 0 aliphatic heterocycles. The van der Waals surface area contributed by atoms with Gasteiger partial charge in [0.1, 0.15) is 18.9 Å². The number of hydrogen-bond donors (Lipinski definition) is 1. The molecule has 0 bridgehead atoms. The van der Waals surface area contributed by atoms with E-state index in [1.165, 1.54) is 50.5 Å². The van der Waals surface area contributed by atoms with Gasteiger partial charge in [0.05, 0.1) is 6.04 Å². The normalized spacial score (nSPS) is 16.2. The molecule has 1 fully saturated rings. The summed E-state index contributed by atoms with van der Waals surface area (Å²) in [6, 6.07) is 17.1. The first kappa shape index (κ1) is 18.3. The van der Waals surface area contributed by atoms with Gasteiger partial charge in [-0.25, -0.2) is 0 Å². The molecule has 25 heavy (non-hydrogen) atoms. The van der Waals surface area contributed by atoms with Crippen LogP contribution in [0.4, 0.5) is 0 Å². The molecular weight excluding hydrogens is 330 g/mol. The van der Waals surface area contributed by atoms with Gasteiger partial charge < -0.3 is 10.1 Å². The fraction of sp³-hybridized carbons (Fsp3) is 0.455. The van der Waals surface area contributed by atoms with E-state index in [1.54, 1.807) is 0 Å². The molecule has 3 heteroatoms. The molecule has 2 nitrogen and oxygen atoms in total. The van der Waals surface area contributed by atoms with Crippen molar-refractivity contribution in [1.82, 2.24) is 0 Å². The summed E-state index contributed by atoms with van der Waals surface area (Å²) in [6.07, 6.45) is 9.78. The highest BCUT2D eigenvalue weighted by Crippen LogP contribution is 2.17. The molecule has 0 heterocycles. The van der Waals surface area contributed by atoms with E-state index in [9.17, 15) is 0 Å². The van der Waals surface area contributed by atoms with Crippen LogP contribution in [0.2, 0.25) is 5.02 Å². The molecule has 0 saturated heterocycles. The highest BCUT2D eigenvalue weighted by atomic mass is 35.5. The summed E-state index contributed by atoms with van der Waals surface area (Å²) in [5, 5.41) is 3.29. The van der Waals surface area contributed by atoms with Gasteiger partial charge in [0.25, 0.3) is 0 Å². The van der Waals surface area contributed by atoms with Crippen LogP contribution in [0.1, 0.15) is 56.1 Å². The highest BCUT2D eigenvalue weighted by molar-refractivity contribution is 6.30. The summed E-state index contributed by atoms with van der Waals surface area (Å²) in [5.41, 5.74) is 2.48. The Hall–Kier alpha value is -1.51. The first-order valence-electron chi connectivity index (χ1n) is 9.59. The summed E-state index contributed by atoms with van der Waals surface area (Å²) in [4.78, 5) is 0. The Morgan fingerprint density at radius 1 is 0.880 bits per heavy atom. The average molecular weight is 359 g/mol. The molecule has 0 spiro atoms. The molecule has 1 aliphatic rings. The third-order valence-electron chi connectivity index (χ3n) is 5.05. The zero-order valence-corrected chi connectivity index (χ0v) is 15.7. The monoisotopic (exact) mass is 358 g/mol. The Morgan fingerprint density at radius 3 is 2.36 bits per heavy atom. The molecule has 3 rings (SSSR count). The molecule has 0 radical (unpaired) electrons. The number of rotatable bonds is 6. The first-order valence-corrected chi connectivity index (χ1v) is 9.97. The number of quaternary nitrogens is 1. The van der Waals surface area contributed by atoms with Crippen molar-refractivity contribution in [1.29, 1.82) is 0 Å². The zero-order valence-electron chi connectivity index (χ0n) is 14.9. The summed E-state index contributed by atoms with van der Waals surface area (Å²) in [6.45, 7) is 1.62. The van der Waals surface area contributed by atoms with Gasteiger partial charge in [0.15, 0.2) is 0 Å². The lowest BCUT2D eigenvalue weighted by Gasteiger charge is -2.18. The van der Waals surface area contributed by atoms with Crippen LogP contribution in [0.3, 0.4) is 0 Å². The zero-order chi connectivity index (χ0) is 17.3. The van der Waals surface area contributed by atoms with Gasteiger partial charge in [-0.15, -0.1) is 0 Å². The van der Waals surface area contributed by atoms with E-state index in [-0.39, 0.29) is 0 Å². The molecule has 0 unspecified atom stereocenters. The number of nitrogens with two attached hydrogens (primary N) is 1. The van der Waals surface area contributed by atoms with Crippen molar-refractivity contribution < 1.29 is 10.1 Å². The van der Waals surface area contributed by atoms with E-state index in [2.05, 4.69) is 23.5 Å². The van der Waals surface area contributed by atoms with E-state index in [4.69, 9.17) is 16.3 Å². The van der Waals surface area contributed by atoms with Crippen LogP contribution < -0.4 is 10.1 Å². The van der Waals surface area contributed by atoms with Crippen LogP contribution in [0.5, 0.6) is 5.75 Å². The maximum atomic E-state index is 5.94. The van der Waals surface area contributed by atoms with Gasteiger partial charge in [-0.3, -0.25) is 0 Å². The molecule has 0 amide bonds. The summed E-state index contributed by atoms with van der Waals surface area (Å²) >= 11 is 5.92. The fourth-order valence-electron chi connectivity index (χ4n) is 3.54. The number of ether oxygens (including phenoxy) is 1. The standard InChI is InChI=1S/C22H28ClNO/c23-20-13-11-18(12-14-20)17-25-22-10-6-7-19(15-22)16-24-21-8-4-2-1-3-5-9-21/h6-7,10-15,21,24H,1-5,8-9,16-17H2/p+1. The van der Waals surface area contributed by atoms with Gasteiger partial charge in [0.2, 0.25) is 0 Å². The maximum absolute atomic E-state index is 5.94. The minimum atomic E-state index is 0.576. The van der Waals surface area contributed by atoms with Gasteiger partial charge in [-0.2, -0.15) is 0 Å². The lowest BCUT2D eigenvalue weighted by atomic mass is 9.96. The van der Waals surface area contributed by atoms with E-state index in [0.717, 1.165) is 28.9 Å². The molecule has 1 saturated carbocycles. The van der Waals surface area contributed by atoms with Crippen LogP contribution in [-0.4, -0.2) is 6.04 Å². The van der Waals surface area contributed by atoms with E-state index >= 15 is 0 Å². The summed E-state index contributed by atoms with van der Waals surface area (Å²) in [5.74, 6) is 0.943. The SMILES string of the molecule is Clc1ccc(COc2cccc(C[NH2+]C3CCCCCCC3)c2)cc1. The van der Waals surface area contributed by atoms with Gasteiger partial charge in [-0.1, -0.05) is 55.1 Å². The third-order valence-corrected chi connectivity index (χ3v) is 5.31. The molecule has 2 N–H and O–H groups in total. The molecule has 2 aromatic rings. The second kappa shape index (κ2) is 9.84. The largest absolute Gasteiger partial charge is 0.489 e. The van der Waals surface area contributed by atoms with Crippen molar-refractivity contribution in [3.63, 3.8) is 0 Å². The van der Waals surface area contributed by atoms with E-state index < -0.39 is 0 Å². The van der Waals surface area contributed by atoms with Crippen molar-refractivity contribution in [2.24, 2.45) is 0 Å². The molecule has 1 aliphatic carbocycles. The Labute approximate surface area is 156 Å². The summed E-state index contributed by atoms with van der Waals surface area (Å²) in [7, 11) is 0. The Morgan fingerprint density at radius 2 is 1.60 bits per heavy atom. The lowest BCUT2D eigenvalue weighted by molar-refractivity contribution is -0.706. The molecule has 134 valence electrons. The summed E-state index contributed by atoms with van der Waals surface area (Å²) < 4.78 is 5.94. The van der Waals surface area contributed by atoms with Crippen LogP contribution in [-0.2, 0) is 13.2 Å². The third kappa shape index (κ3) is 6.37. The van der Waals surface area contributed by atoms with Crippen molar-refractivity contribution in [3.05, 3.63) is 64.7 Å². The lowest BCUT2D eigenvalue weighted by Crippen LogP contribution is -2.88. The average Bonchev–Trinajstić information content (AvgIpc) is 2.61. The maximum Gasteiger partial charge on any atom is 0.120 e. The quantitative estimate of drug-likeness (QED) is 0.764. The molecule has 0 atom stereocenters. The predicted molar refractivity (Wildman–Crippen MR) is 104 cm³/mol. The van der Waals surface area contributed by atoms with Crippen molar-refractivity contribution in [2.75, 3.05) is 0 Å². The number of benzene rings is 2. The van der Waals surface area contributed by atoms with Crippen LogP contribution >= 0.6 is 11.6 Å². The molecule has 2 aromatic carbocycles. The van der Waals surface area contributed by atoms with Crippen LogP contribution in [0.25, 0.3) is 0 Å². The Kier molecular flexibility index (Phi) is 7.20. The van der Waals surface area contributed by atoms with E-state index in [1.807, 2.05) is 30.3 Å². The van der Waals surface area contributed by atoms with Gasteiger partial charge in [-0.05, 0) is 55.5 Å². The minimum absolute atomic E-state index is 0.576. The topological polar surface area (TPSA) is 25.8 Å². The number of hydrogen-bond acceptors (Lipinski definition) is 1. The molecular formula is C22H29ClNO+. The van der Waals surface area contributed by atoms with Crippen LogP contribution in [0, 0.1) is 0 Å². The smallest absolute Gasteiger partial charge is 0.120 e. The number of halogens is 1. The highest BCUT2D eigenvalue weighted by Gasteiger charge is 2.13. The van der Waals surface area contributed by atoms with Gasteiger partial charge >= 0.3 is 0 Å². The van der Waals surface area contributed by atoms with Crippen LogP contribution in [0.15, 0.2) is 48.5 Å². The first-order chi connectivity index (χ1) is 12.3. The van der Waals surface area contributed by atoms with E-state index in [0.29, 0.717) is 6.61 Å². The molecule has 0 aromatic heterocycles. The second-order valence-corrected chi connectivity index (χ2v) is 7.54. The second-order valence-electron chi connectivity index (χ2n) is 7.11. The minimum Gasteiger partial charge on any atom is -0.489 e. The predicted octanol–water partition coefficient (Wildman–Crippen LogP) is 5.10. The fourth-order valence-corrected chi connectivity index (χ4v) is 3.66.